The molecule has 0 heterocycles. The molecule has 0 rings (SSSR count). The highest BCUT2D eigenvalue weighted by molar-refractivity contribution is 4.83. The van der Waals surface area contributed by atoms with E-state index in [0.29, 0.717) is 12.3 Å². The molecule has 0 aliphatic carbocycles. The van der Waals surface area contributed by atoms with Gasteiger partial charge < -0.3 is 10.8 Å². The Balaban J connectivity index is 4.57. The van der Waals surface area contributed by atoms with E-state index in [1.54, 1.807) is 6.92 Å². The Morgan fingerprint density at radius 1 is 1.29 bits per heavy atom. The largest absolute Gasteiger partial charge is 0.401 e. The molecule has 0 spiro atoms. The number of alkyl halides is 3. The molecule has 0 aromatic heterocycles. The summed E-state index contributed by atoms with van der Waals surface area (Å²) in [4.78, 5) is 1.19. The van der Waals surface area contributed by atoms with E-state index in [1.807, 2.05) is 13.8 Å². The number of nitrogens with zero attached hydrogens (tertiary/aromatic N) is 1. The van der Waals surface area contributed by atoms with Gasteiger partial charge in [-0.15, -0.1) is 0 Å². The molecule has 0 amide bonds. The minimum atomic E-state index is -4.26. The van der Waals surface area contributed by atoms with Crippen LogP contribution in [-0.2, 0) is 0 Å². The molecule has 0 bridgehead atoms. The zero-order valence-electron chi connectivity index (χ0n) is 10.7. The minimum absolute atomic E-state index is 0.219. The van der Waals surface area contributed by atoms with Crippen molar-refractivity contribution in [1.29, 1.82) is 0 Å². The monoisotopic (exact) mass is 256 g/mol. The predicted molar refractivity (Wildman–Crippen MR) is 61.6 cm³/mol. The first kappa shape index (κ1) is 16.7. The van der Waals surface area contributed by atoms with Gasteiger partial charge in [-0.05, 0) is 18.9 Å². The second-order valence-corrected chi connectivity index (χ2v) is 4.72. The zero-order valence-corrected chi connectivity index (χ0v) is 10.7. The van der Waals surface area contributed by atoms with Crippen LogP contribution in [0.3, 0.4) is 0 Å². The number of rotatable bonds is 7. The van der Waals surface area contributed by atoms with Gasteiger partial charge in [0.15, 0.2) is 0 Å². The summed E-state index contributed by atoms with van der Waals surface area (Å²) in [6.07, 6.45) is -3.67. The van der Waals surface area contributed by atoms with Crippen molar-refractivity contribution in [3.8, 4) is 0 Å². The van der Waals surface area contributed by atoms with E-state index in [-0.39, 0.29) is 13.2 Å². The van der Waals surface area contributed by atoms with Crippen LogP contribution < -0.4 is 5.73 Å². The first-order valence-corrected chi connectivity index (χ1v) is 5.88. The lowest BCUT2D eigenvalue weighted by Gasteiger charge is -2.34. The summed E-state index contributed by atoms with van der Waals surface area (Å²) < 4.78 is 37.1. The van der Waals surface area contributed by atoms with E-state index in [9.17, 15) is 18.3 Å². The molecule has 0 aliphatic rings. The lowest BCUT2D eigenvalue weighted by atomic mass is 9.97. The number of hydrogen-bond acceptors (Lipinski definition) is 3. The second kappa shape index (κ2) is 7.18. The van der Waals surface area contributed by atoms with E-state index in [1.165, 1.54) is 4.90 Å². The third-order valence-electron chi connectivity index (χ3n) is 2.68. The molecule has 0 aromatic carbocycles. The molecule has 0 radical (unpaired) electrons. The smallest absolute Gasteiger partial charge is 0.395 e. The van der Waals surface area contributed by atoms with Crippen LogP contribution in [0.4, 0.5) is 13.2 Å². The van der Waals surface area contributed by atoms with Crippen LogP contribution in [0, 0.1) is 5.92 Å². The number of aliphatic hydroxyl groups excluding tert-OH is 1. The summed E-state index contributed by atoms with van der Waals surface area (Å²) in [7, 11) is 0. The maximum Gasteiger partial charge on any atom is 0.401 e. The van der Waals surface area contributed by atoms with Gasteiger partial charge in [0.2, 0.25) is 0 Å². The van der Waals surface area contributed by atoms with Gasteiger partial charge in [-0.1, -0.05) is 20.8 Å². The van der Waals surface area contributed by atoms with E-state index in [0.717, 1.165) is 0 Å². The summed E-state index contributed by atoms with van der Waals surface area (Å²) in [6.45, 7) is 4.38. The summed E-state index contributed by atoms with van der Waals surface area (Å²) >= 11 is 0. The second-order valence-electron chi connectivity index (χ2n) is 4.72. The number of aliphatic hydroxyl groups is 1. The van der Waals surface area contributed by atoms with Crippen molar-refractivity contribution in [2.75, 3.05) is 19.7 Å². The Kier molecular flexibility index (Phi) is 7.04. The number of likely N-dealkylation sites (N-methyl/N-ethyl adjacent to an activating group) is 1. The van der Waals surface area contributed by atoms with Gasteiger partial charge in [-0.3, -0.25) is 4.90 Å². The SMILES string of the molecule is CCN(CC(F)(F)F)C(CO)C(N)CC(C)C. The summed E-state index contributed by atoms with van der Waals surface area (Å²) in [5, 5.41) is 9.22. The van der Waals surface area contributed by atoms with Crippen molar-refractivity contribution < 1.29 is 18.3 Å². The Hall–Kier alpha value is -0.330. The van der Waals surface area contributed by atoms with Crippen LogP contribution in [0.15, 0.2) is 0 Å². The third kappa shape index (κ3) is 6.85. The fraction of sp³-hybridized carbons (Fsp3) is 1.00. The average Bonchev–Trinajstić information content (AvgIpc) is 2.14. The molecule has 2 unspecified atom stereocenters. The molecule has 0 aliphatic heterocycles. The highest BCUT2D eigenvalue weighted by atomic mass is 19.4. The molecule has 104 valence electrons. The molecule has 0 saturated heterocycles. The quantitative estimate of drug-likeness (QED) is 0.727. The van der Waals surface area contributed by atoms with Gasteiger partial charge >= 0.3 is 6.18 Å². The number of nitrogens with two attached hydrogens (primary N) is 1. The summed E-state index contributed by atoms with van der Waals surface area (Å²) in [6, 6.07) is -1.08. The van der Waals surface area contributed by atoms with Crippen molar-refractivity contribution in [1.82, 2.24) is 4.90 Å². The zero-order chi connectivity index (χ0) is 13.6. The van der Waals surface area contributed by atoms with E-state index in [2.05, 4.69) is 0 Å². The summed E-state index contributed by atoms with van der Waals surface area (Å²) in [5.41, 5.74) is 5.86. The Morgan fingerprint density at radius 2 is 1.82 bits per heavy atom. The third-order valence-corrected chi connectivity index (χ3v) is 2.68. The average molecular weight is 256 g/mol. The highest BCUT2D eigenvalue weighted by Gasteiger charge is 2.34. The van der Waals surface area contributed by atoms with Gasteiger partial charge in [-0.2, -0.15) is 13.2 Å². The van der Waals surface area contributed by atoms with Crippen molar-refractivity contribution in [2.24, 2.45) is 11.7 Å². The fourth-order valence-corrected chi connectivity index (χ4v) is 1.92. The lowest BCUT2D eigenvalue weighted by Crippen LogP contribution is -2.53. The molecule has 2 atom stereocenters. The first-order valence-electron chi connectivity index (χ1n) is 5.88. The molecular formula is C11H23F3N2O. The predicted octanol–water partition coefficient (Wildman–Crippen LogP) is 1.60. The molecule has 3 N–H and O–H groups in total. The molecular weight excluding hydrogens is 233 g/mol. The highest BCUT2D eigenvalue weighted by Crippen LogP contribution is 2.20. The molecule has 17 heavy (non-hydrogen) atoms. The number of hydrogen-bond donors (Lipinski definition) is 2. The lowest BCUT2D eigenvalue weighted by molar-refractivity contribution is -0.153. The van der Waals surface area contributed by atoms with Gasteiger partial charge in [0.05, 0.1) is 13.2 Å². The molecule has 0 saturated carbocycles. The normalized spacial score (nSPS) is 16.6. The van der Waals surface area contributed by atoms with Gasteiger partial charge in [-0.25, -0.2) is 0 Å². The maximum atomic E-state index is 12.4. The molecule has 0 aromatic rings. The van der Waals surface area contributed by atoms with Crippen molar-refractivity contribution in [3.05, 3.63) is 0 Å². The van der Waals surface area contributed by atoms with Crippen LogP contribution in [0.5, 0.6) is 0 Å². The van der Waals surface area contributed by atoms with Crippen molar-refractivity contribution in [2.45, 2.75) is 45.5 Å². The van der Waals surface area contributed by atoms with Gasteiger partial charge in [0.25, 0.3) is 0 Å². The van der Waals surface area contributed by atoms with Crippen LogP contribution in [0.25, 0.3) is 0 Å². The van der Waals surface area contributed by atoms with Gasteiger partial charge in [0, 0.05) is 12.1 Å². The summed E-state index contributed by atoms with van der Waals surface area (Å²) in [5.74, 6) is 0.295. The van der Waals surface area contributed by atoms with Crippen LogP contribution in [0.1, 0.15) is 27.2 Å². The van der Waals surface area contributed by atoms with Crippen LogP contribution in [-0.4, -0.2) is 48.0 Å². The molecule has 0 fully saturated rings. The van der Waals surface area contributed by atoms with Crippen LogP contribution in [0.2, 0.25) is 0 Å². The van der Waals surface area contributed by atoms with Gasteiger partial charge in [0.1, 0.15) is 0 Å². The fourth-order valence-electron chi connectivity index (χ4n) is 1.92. The van der Waals surface area contributed by atoms with Crippen molar-refractivity contribution >= 4 is 0 Å². The minimum Gasteiger partial charge on any atom is -0.395 e. The van der Waals surface area contributed by atoms with E-state index < -0.39 is 24.8 Å². The van der Waals surface area contributed by atoms with E-state index >= 15 is 0 Å². The topological polar surface area (TPSA) is 49.5 Å². The standard InChI is InChI=1S/C11H23F3N2O/c1-4-16(7-11(12,13)14)10(6-17)9(15)5-8(2)3/h8-10,17H,4-7,15H2,1-3H3. The van der Waals surface area contributed by atoms with E-state index in [4.69, 9.17) is 5.73 Å². The maximum absolute atomic E-state index is 12.4. The Bertz CT molecular complexity index is 209. The van der Waals surface area contributed by atoms with Crippen LogP contribution >= 0.6 is 0 Å². The molecule has 3 nitrogen and oxygen atoms in total. The first-order chi connectivity index (χ1) is 7.71. The Morgan fingerprint density at radius 3 is 2.12 bits per heavy atom. The van der Waals surface area contributed by atoms with Crippen molar-refractivity contribution in [3.63, 3.8) is 0 Å². The number of halogens is 3. The molecule has 6 heteroatoms. The Labute approximate surface area is 101 Å².